The van der Waals surface area contributed by atoms with Gasteiger partial charge in [0.15, 0.2) is 0 Å². The molecule has 0 atom stereocenters. The molecule has 5 heteroatoms. The van der Waals surface area contributed by atoms with Gasteiger partial charge in [-0.25, -0.2) is 9.97 Å². The SMILES string of the molecule is OCc1ccnc(NCc2ccco2)n1. The lowest BCUT2D eigenvalue weighted by molar-refractivity contribution is 0.277. The third-order valence-electron chi connectivity index (χ3n) is 1.88. The van der Waals surface area contributed by atoms with Crippen molar-refractivity contribution in [3.8, 4) is 0 Å². The zero-order valence-electron chi connectivity index (χ0n) is 8.05. The standard InChI is InChI=1S/C10H11N3O2/c14-7-8-3-4-11-10(13-8)12-6-9-2-1-5-15-9/h1-5,14H,6-7H2,(H,11,12,13). The van der Waals surface area contributed by atoms with E-state index in [2.05, 4.69) is 15.3 Å². The normalized spacial score (nSPS) is 10.2. The predicted molar refractivity (Wildman–Crippen MR) is 54.0 cm³/mol. The molecular formula is C10H11N3O2. The lowest BCUT2D eigenvalue weighted by Gasteiger charge is -2.03. The number of hydrogen-bond acceptors (Lipinski definition) is 5. The molecule has 0 spiro atoms. The van der Waals surface area contributed by atoms with Crippen molar-refractivity contribution < 1.29 is 9.52 Å². The molecule has 78 valence electrons. The van der Waals surface area contributed by atoms with E-state index in [0.717, 1.165) is 5.76 Å². The molecule has 0 bridgehead atoms. The van der Waals surface area contributed by atoms with Crippen molar-refractivity contribution in [2.24, 2.45) is 0 Å². The molecule has 0 saturated heterocycles. The van der Waals surface area contributed by atoms with Crippen LogP contribution in [0.25, 0.3) is 0 Å². The monoisotopic (exact) mass is 205 g/mol. The Balaban J connectivity index is 1.98. The minimum absolute atomic E-state index is 0.0854. The van der Waals surface area contributed by atoms with Crippen LogP contribution >= 0.6 is 0 Å². The maximum absolute atomic E-state index is 8.88. The highest BCUT2D eigenvalue weighted by Crippen LogP contribution is 2.04. The summed E-state index contributed by atoms with van der Waals surface area (Å²) in [5, 5.41) is 11.9. The second-order valence-electron chi connectivity index (χ2n) is 2.96. The largest absolute Gasteiger partial charge is 0.467 e. The molecule has 0 unspecified atom stereocenters. The predicted octanol–water partition coefficient (Wildman–Crippen LogP) is 1.17. The van der Waals surface area contributed by atoms with Gasteiger partial charge in [-0.1, -0.05) is 0 Å². The van der Waals surface area contributed by atoms with E-state index in [9.17, 15) is 0 Å². The zero-order valence-corrected chi connectivity index (χ0v) is 8.05. The Bertz CT molecular complexity index is 414. The minimum atomic E-state index is -0.0854. The van der Waals surface area contributed by atoms with E-state index in [1.807, 2.05) is 12.1 Å². The summed E-state index contributed by atoms with van der Waals surface area (Å²) in [7, 11) is 0. The number of nitrogens with one attached hydrogen (secondary N) is 1. The fraction of sp³-hybridized carbons (Fsp3) is 0.200. The maximum atomic E-state index is 8.88. The molecule has 2 aromatic heterocycles. The Morgan fingerprint density at radius 2 is 2.33 bits per heavy atom. The Kier molecular flexibility index (Phi) is 2.94. The van der Waals surface area contributed by atoms with Crippen molar-refractivity contribution >= 4 is 5.95 Å². The molecule has 0 amide bonds. The number of nitrogens with zero attached hydrogens (tertiary/aromatic N) is 2. The molecule has 15 heavy (non-hydrogen) atoms. The maximum Gasteiger partial charge on any atom is 0.223 e. The highest BCUT2D eigenvalue weighted by Gasteiger charge is 1.99. The van der Waals surface area contributed by atoms with E-state index in [0.29, 0.717) is 18.2 Å². The van der Waals surface area contributed by atoms with Gasteiger partial charge in [0.2, 0.25) is 5.95 Å². The Hall–Kier alpha value is -1.88. The highest BCUT2D eigenvalue weighted by molar-refractivity contribution is 5.25. The van der Waals surface area contributed by atoms with E-state index in [1.165, 1.54) is 0 Å². The smallest absolute Gasteiger partial charge is 0.223 e. The van der Waals surface area contributed by atoms with Crippen LogP contribution < -0.4 is 5.32 Å². The summed E-state index contributed by atoms with van der Waals surface area (Å²) in [6, 6.07) is 5.35. The fourth-order valence-electron chi connectivity index (χ4n) is 1.15. The molecule has 2 N–H and O–H groups in total. The summed E-state index contributed by atoms with van der Waals surface area (Å²) in [6.45, 7) is 0.444. The Morgan fingerprint density at radius 1 is 1.40 bits per heavy atom. The summed E-state index contributed by atoms with van der Waals surface area (Å²) in [5.41, 5.74) is 0.590. The van der Waals surface area contributed by atoms with Gasteiger partial charge in [0.05, 0.1) is 25.1 Å². The summed E-state index contributed by atoms with van der Waals surface area (Å²) in [4.78, 5) is 8.09. The average molecular weight is 205 g/mol. The van der Waals surface area contributed by atoms with Gasteiger partial charge in [-0.15, -0.1) is 0 Å². The second-order valence-corrected chi connectivity index (χ2v) is 2.96. The minimum Gasteiger partial charge on any atom is -0.467 e. The molecule has 2 aromatic rings. The van der Waals surface area contributed by atoms with Crippen molar-refractivity contribution in [2.45, 2.75) is 13.2 Å². The van der Waals surface area contributed by atoms with Gasteiger partial charge in [0, 0.05) is 6.20 Å². The number of aliphatic hydroxyl groups excluding tert-OH is 1. The van der Waals surface area contributed by atoms with Gasteiger partial charge in [-0.05, 0) is 18.2 Å². The van der Waals surface area contributed by atoms with Gasteiger partial charge in [-0.3, -0.25) is 0 Å². The van der Waals surface area contributed by atoms with Crippen LogP contribution in [0.4, 0.5) is 5.95 Å². The van der Waals surface area contributed by atoms with Crippen LogP contribution in [-0.4, -0.2) is 15.1 Å². The number of rotatable bonds is 4. The van der Waals surface area contributed by atoms with Crippen molar-refractivity contribution in [3.05, 3.63) is 42.1 Å². The van der Waals surface area contributed by atoms with Crippen LogP contribution in [0.1, 0.15) is 11.5 Å². The van der Waals surface area contributed by atoms with Crippen LogP contribution in [0.15, 0.2) is 35.1 Å². The molecule has 2 heterocycles. The van der Waals surface area contributed by atoms with Gasteiger partial charge in [0.25, 0.3) is 0 Å². The highest BCUT2D eigenvalue weighted by atomic mass is 16.3. The summed E-state index contributed by atoms with van der Waals surface area (Å²) in [6.07, 6.45) is 3.21. The van der Waals surface area contributed by atoms with E-state index in [-0.39, 0.29) is 6.61 Å². The number of hydrogen-bond donors (Lipinski definition) is 2. The van der Waals surface area contributed by atoms with Gasteiger partial charge >= 0.3 is 0 Å². The third kappa shape index (κ3) is 2.54. The van der Waals surface area contributed by atoms with E-state index in [4.69, 9.17) is 9.52 Å². The second kappa shape index (κ2) is 4.56. The number of anilines is 1. The molecule has 0 radical (unpaired) electrons. The Labute approximate surface area is 86.8 Å². The van der Waals surface area contributed by atoms with Crippen molar-refractivity contribution in [2.75, 3.05) is 5.32 Å². The quantitative estimate of drug-likeness (QED) is 0.784. The zero-order chi connectivity index (χ0) is 10.5. The van der Waals surface area contributed by atoms with Gasteiger partial charge in [-0.2, -0.15) is 0 Å². The molecular weight excluding hydrogens is 194 g/mol. The summed E-state index contributed by atoms with van der Waals surface area (Å²) < 4.78 is 5.14. The van der Waals surface area contributed by atoms with Crippen molar-refractivity contribution in [1.29, 1.82) is 0 Å². The first kappa shape index (κ1) is 9.67. The molecule has 0 aromatic carbocycles. The Morgan fingerprint density at radius 3 is 3.07 bits per heavy atom. The fourth-order valence-corrected chi connectivity index (χ4v) is 1.15. The number of aliphatic hydroxyl groups is 1. The van der Waals surface area contributed by atoms with E-state index < -0.39 is 0 Å². The van der Waals surface area contributed by atoms with Crippen LogP contribution in [0.3, 0.4) is 0 Å². The first-order valence-electron chi connectivity index (χ1n) is 4.57. The topological polar surface area (TPSA) is 71.2 Å². The van der Waals surface area contributed by atoms with E-state index in [1.54, 1.807) is 18.5 Å². The number of furan rings is 1. The molecule has 0 aliphatic heterocycles. The van der Waals surface area contributed by atoms with Crippen LogP contribution in [-0.2, 0) is 13.2 Å². The number of aromatic nitrogens is 2. The van der Waals surface area contributed by atoms with Crippen LogP contribution in [0.5, 0.6) is 0 Å². The average Bonchev–Trinajstić information content (AvgIpc) is 2.79. The first-order valence-corrected chi connectivity index (χ1v) is 4.57. The molecule has 5 nitrogen and oxygen atoms in total. The van der Waals surface area contributed by atoms with Gasteiger partial charge in [0.1, 0.15) is 5.76 Å². The van der Waals surface area contributed by atoms with Crippen molar-refractivity contribution in [1.82, 2.24) is 9.97 Å². The van der Waals surface area contributed by atoms with Gasteiger partial charge < -0.3 is 14.8 Å². The first-order chi connectivity index (χ1) is 7.38. The van der Waals surface area contributed by atoms with Crippen LogP contribution in [0.2, 0.25) is 0 Å². The molecule has 0 fully saturated rings. The molecule has 0 saturated carbocycles. The third-order valence-corrected chi connectivity index (χ3v) is 1.88. The lowest BCUT2D eigenvalue weighted by atomic mass is 10.4. The molecule has 2 rings (SSSR count). The summed E-state index contributed by atoms with van der Waals surface area (Å²) >= 11 is 0. The van der Waals surface area contributed by atoms with E-state index >= 15 is 0 Å². The summed E-state index contributed by atoms with van der Waals surface area (Å²) in [5.74, 6) is 1.30. The van der Waals surface area contributed by atoms with Crippen LogP contribution in [0, 0.1) is 0 Å². The van der Waals surface area contributed by atoms with Crippen molar-refractivity contribution in [3.63, 3.8) is 0 Å². The lowest BCUT2D eigenvalue weighted by Crippen LogP contribution is -2.04. The molecule has 0 aliphatic rings. The molecule has 0 aliphatic carbocycles.